The molecule has 1 amide bonds. The van der Waals surface area contributed by atoms with E-state index in [-0.39, 0.29) is 6.09 Å². The zero-order chi connectivity index (χ0) is 20.4. The Morgan fingerprint density at radius 1 is 1.00 bits per heavy atom. The molecule has 5 nitrogen and oxygen atoms in total. The number of hydrogen-bond acceptors (Lipinski definition) is 4. The van der Waals surface area contributed by atoms with E-state index in [1.54, 1.807) is 0 Å². The van der Waals surface area contributed by atoms with Gasteiger partial charge in [0, 0.05) is 44.2 Å². The van der Waals surface area contributed by atoms with E-state index in [9.17, 15) is 4.79 Å². The van der Waals surface area contributed by atoms with Crippen LogP contribution in [0.15, 0.2) is 48.8 Å². The molecule has 154 valence electrons. The number of amides is 1. The van der Waals surface area contributed by atoms with Crippen molar-refractivity contribution in [1.82, 2.24) is 9.88 Å². The molecule has 2 atom stereocenters. The third-order valence-corrected chi connectivity index (χ3v) is 5.83. The maximum atomic E-state index is 12.4. The van der Waals surface area contributed by atoms with E-state index in [1.807, 2.05) is 38.1 Å². The largest absolute Gasteiger partial charge is 0.444 e. The topological polar surface area (TPSA) is 45.7 Å². The number of nitrogens with zero attached hydrogens (tertiary/aromatic N) is 3. The van der Waals surface area contributed by atoms with Gasteiger partial charge in [0.05, 0.1) is 11.9 Å². The molecule has 0 spiro atoms. The first kappa shape index (κ1) is 19.7. The second kappa shape index (κ2) is 8.05. The Labute approximate surface area is 173 Å². The Hall–Kier alpha value is -2.56. The molecular formula is C24H31N3O2. The van der Waals surface area contributed by atoms with Gasteiger partial charge in [0.1, 0.15) is 5.60 Å². The SMILES string of the molecule is CC(C)(C)OC(=O)N1C[C@@H]2CN(c3cncc(CCc4ccccc4)c3)C[C@@H]2C1. The summed E-state index contributed by atoms with van der Waals surface area (Å²) >= 11 is 0. The minimum absolute atomic E-state index is 0.178. The Balaban J connectivity index is 1.33. The van der Waals surface area contributed by atoms with Crippen LogP contribution in [0.2, 0.25) is 0 Å². The number of pyridine rings is 1. The summed E-state index contributed by atoms with van der Waals surface area (Å²) in [4.78, 5) is 21.2. The monoisotopic (exact) mass is 393 g/mol. The first-order valence-corrected chi connectivity index (χ1v) is 10.6. The van der Waals surface area contributed by atoms with Crippen molar-refractivity contribution in [3.8, 4) is 0 Å². The highest BCUT2D eigenvalue weighted by Gasteiger charge is 2.42. The van der Waals surface area contributed by atoms with Gasteiger partial charge in [-0.1, -0.05) is 30.3 Å². The lowest BCUT2D eigenvalue weighted by Crippen LogP contribution is -2.37. The summed E-state index contributed by atoms with van der Waals surface area (Å²) in [6, 6.07) is 12.9. The molecular weight excluding hydrogens is 362 g/mol. The van der Waals surface area contributed by atoms with Crippen molar-refractivity contribution in [2.24, 2.45) is 11.8 Å². The number of ether oxygens (including phenoxy) is 1. The molecule has 0 radical (unpaired) electrons. The van der Waals surface area contributed by atoms with Crippen LogP contribution >= 0.6 is 0 Å². The molecule has 2 fully saturated rings. The second-order valence-electron chi connectivity index (χ2n) is 9.35. The summed E-state index contributed by atoms with van der Waals surface area (Å²) in [6.45, 7) is 9.29. The quantitative estimate of drug-likeness (QED) is 0.782. The lowest BCUT2D eigenvalue weighted by molar-refractivity contribution is 0.0282. The summed E-state index contributed by atoms with van der Waals surface area (Å²) in [5, 5.41) is 0. The van der Waals surface area contributed by atoms with Gasteiger partial charge in [0.2, 0.25) is 0 Å². The molecule has 0 saturated carbocycles. The van der Waals surface area contributed by atoms with Crippen LogP contribution < -0.4 is 4.90 Å². The number of aromatic nitrogens is 1. The average Bonchev–Trinajstić information content (AvgIpc) is 3.25. The molecule has 0 unspecified atom stereocenters. The third-order valence-electron chi connectivity index (χ3n) is 5.83. The molecule has 0 N–H and O–H groups in total. The highest BCUT2D eigenvalue weighted by atomic mass is 16.6. The van der Waals surface area contributed by atoms with Crippen LogP contribution in [0, 0.1) is 11.8 Å². The van der Waals surface area contributed by atoms with Gasteiger partial charge in [-0.3, -0.25) is 4.98 Å². The van der Waals surface area contributed by atoms with E-state index in [1.165, 1.54) is 16.8 Å². The predicted octanol–water partition coefficient (Wildman–Crippen LogP) is 4.17. The molecule has 2 saturated heterocycles. The summed E-state index contributed by atoms with van der Waals surface area (Å²) in [5.74, 6) is 1.02. The van der Waals surface area contributed by atoms with Crippen LogP contribution in [-0.2, 0) is 17.6 Å². The van der Waals surface area contributed by atoms with Gasteiger partial charge in [-0.15, -0.1) is 0 Å². The van der Waals surface area contributed by atoms with E-state index < -0.39 is 5.60 Å². The van der Waals surface area contributed by atoms with Crippen molar-refractivity contribution in [3.05, 3.63) is 59.9 Å². The number of carbonyl (C=O) groups is 1. The molecule has 2 aliphatic rings. The molecule has 1 aromatic heterocycles. The van der Waals surface area contributed by atoms with Crippen molar-refractivity contribution >= 4 is 11.8 Å². The number of carbonyl (C=O) groups excluding carboxylic acids is 1. The molecule has 29 heavy (non-hydrogen) atoms. The summed E-state index contributed by atoms with van der Waals surface area (Å²) in [5.41, 5.74) is 3.40. The number of fused-ring (bicyclic) bond motifs is 1. The van der Waals surface area contributed by atoms with Gasteiger partial charge < -0.3 is 14.5 Å². The third kappa shape index (κ3) is 4.89. The standard InChI is InChI=1S/C24H31N3O2/c1-24(2,3)29-23(28)27-16-20-14-26(15-21(20)17-27)22-11-19(12-25-13-22)10-9-18-7-5-4-6-8-18/h4-8,11-13,20-21H,9-10,14-17H2,1-3H3/t20-,21+. The molecule has 0 aliphatic carbocycles. The zero-order valence-corrected chi connectivity index (χ0v) is 17.7. The first-order valence-electron chi connectivity index (χ1n) is 10.6. The van der Waals surface area contributed by atoms with E-state index in [0.717, 1.165) is 39.0 Å². The molecule has 2 aromatic rings. The molecule has 5 heteroatoms. The lowest BCUT2D eigenvalue weighted by atomic mass is 10.0. The van der Waals surface area contributed by atoms with E-state index in [0.29, 0.717) is 11.8 Å². The normalized spacial score (nSPS) is 21.3. The number of benzene rings is 1. The minimum atomic E-state index is -0.438. The van der Waals surface area contributed by atoms with Gasteiger partial charge in [-0.25, -0.2) is 4.79 Å². The lowest BCUT2D eigenvalue weighted by Gasteiger charge is -2.26. The number of rotatable bonds is 4. The van der Waals surface area contributed by atoms with Crippen molar-refractivity contribution in [3.63, 3.8) is 0 Å². The molecule has 1 aromatic carbocycles. The fourth-order valence-electron chi connectivity index (χ4n) is 4.40. The number of aryl methyl sites for hydroxylation is 2. The molecule has 0 bridgehead atoms. The van der Waals surface area contributed by atoms with Crippen molar-refractivity contribution in [2.45, 2.75) is 39.2 Å². The maximum Gasteiger partial charge on any atom is 0.410 e. The number of hydrogen-bond donors (Lipinski definition) is 0. The van der Waals surface area contributed by atoms with E-state index in [4.69, 9.17) is 4.74 Å². The Morgan fingerprint density at radius 2 is 1.66 bits per heavy atom. The molecule has 2 aliphatic heterocycles. The smallest absolute Gasteiger partial charge is 0.410 e. The van der Waals surface area contributed by atoms with Crippen LogP contribution in [-0.4, -0.2) is 47.8 Å². The fraction of sp³-hybridized carbons (Fsp3) is 0.500. The maximum absolute atomic E-state index is 12.4. The molecule has 4 rings (SSSR count). The van der Waals surface area contributed by atoms with E-state index in [2.05, 4.69) is 46.3 Å². The highest BCUT2D eigenvalue weighted by molar-refractivity contribution is 5.68. The number of likely N-dealkylation sites (tertiary alicyclic amines) is 1. The summed E-state index contributed by atoms with van der Waals surface area (Å²) in [7, 11) is 0. The van der Waals surface area contributed by atoms with Crippen LogP contribution in [0.25, 0.3) is 0 Å². The van der Waals surface area contributed by atoms with Gasteiger partial charge in [0.25, 0.3) is 0 Å². The molecule has 3 heterocycles. The van der Waals surface area contributed by atoms with Gasteiger partial charge >= 0.3 is 6.09 Å². The van der Waals surface area contributed by atoms with Crippen molar-refractivity contribution in [2.75, 3.05) is 31.1 Å². The Kier molecular flexibility index (Phi) is 5.48. The van der Waals surface area contributed by atoms with Crippen LogP contribution in [0.5, 0.6) is 0 Å². The fourth-order valence-corrected chi connectivity index (χ4v) is 4.40. The summed E-state index contributed by atoms with van der Waals surface area (Å²) < 4.78 is 5.54. The second-order valence-corrected chi connectivity index (χ2v) is 9.35. The summed E-state index contributed by atoms with van der Waals surface area (Å²) in [6.07, 6.45) is 5.80. The Morgan fingerprint density at radius 3 is 2.31 bits per heavy atom. The van der Waals surface area contributed by atoms with Crippen LogP contribution in [0.4, 0.5) is 10.5 Å². The van der Waals surface area contributed by atoms with Crippen LogP contribution in [0.3, 0.4) is 0 Å². The predicted molar refractivity (Wildman–Crippen MR) is 115 cm³/mol. The van der Waals surface area contributed by atoms with E-state index >= 15 is 0 Å². The number of anilines is 1. The minimum Gasteiger partial charge on any atom is -0.444 e. The van der Waals surface area contributed by atoms with Gasteiger partial charge in [0.15, 0.2) is 0 Å². The van der Waals surface area contributed by atoms with Crippen molar-refractivity contribution < 1.29 is 9.53 Å². The van der Waals surface area contributed by atoms with Gasteiger partial charge in [-0.05, 0) is 50.8 Å². The van der Waals surface area contributed by atoms with Gasteiger partial charge in [-0.2, -0.15) is 0 Å². The Bertz CT molecular complexity index is 833. The zero-order valence-electron chi connectivity index (χ0n) is 17.7. The average molecular weight is 394 g/mol. The highest BCUT2D eigenvalue weighted by Crippen LogP contribution is 2.34. The first-order chi connectivity index (χ1) is 13.9. The van der Waals surface area contributed by atoms with Crippen LogP contribution in [0.1, 0.15) is 31.9 Å². The van der Waals surface area contributed by atoms with Crippen molar-refractivity contribution in [1.29, 1.82) is 0 Å².